The summed E-state index contributed by atoms with van der Waals surface area (Å²) in [6, 6.07) is 110. The molecule has 0 spiro atoms. The van der Waals surface area contributed by atoms with E-state index >= 15 is 0 Å². The van der Waals surface area contributed by atoms with E-state index in [1.807, 2.05) is 12.1 Å². The zero-order chi connectivity index (χ0) is 70.5. The predicted molar refractivity (Wildman–Crippen MR) is 437 cm³/mol. The van der Waals surface area contributed by atoms with Gasteiger partial charge in [-0.15, -0.1) is 0 Å². The maximum Gasteiger partial charge on any atom is 0.495 e. The van der Waals surface area contributed by atoms with E-state index < -0.39 is 18.3 Å². The molecule has 3 heterocycles. The first-order chi connectivity index (χ1) is 50.6. The molecule has 0 saturated carbocycles. The van der Waals surface area contributed by atoms with Crippen LogP contribution >= 0.6 is 11.6 Å². The van der Waals surface area contributed by atoms with Crippen LogP contribution in [-0.2, 0) is 20.1 Å². The first-order valence-corrected chi connectivity index (χ1v) is 36.7. The molecule has 2 aromatic heterocycles. The van der Waals surface area contributed by atoms with Crippen LogP contribution in [0.2, 0.25) is 5.15 Å². The maximum absolute atomic E-state index is 6.56. The van der Waals surface area contributed by atoms with Gasteiger partial charge >= 0.3 is 7.12 Å². The van der Waals surface area contributed by atoms with Gasteiger partial charge < -0.3 is 9.31 Å². The quantitative estimate of drug-likeness (QED) is 0.123. The third-order valence-corrected chi connectivity index (χ3v) is 23.7. The van der Waals surface area contributed by atoms with Crippen LogP contribution in [0, 0.1) is 0 Å². The van der Waals surface area contributed by atoms with Crippen molar-refractivity contribution in [3.8, 4) is 123 Å². The number of aromatic nitrogens is 2. The van der Waals surface area contributed by atoms with Gasteiger partial charge in [0, 0.05) is 27.5 Å². The molecule has 0 atom stereocenters. The summed E-state index contributed by atoms with van der Waals surface area (Å²) >= 11 is 5.97. The Morgan fingerprint density at radius 2 is 0.587 bits per heavy atom. The van der Waals surface area contributed by atoms with Gasteiger partial charge in [-0.25, -0.2) is 9.97 Å². The highest BCUT2D eigenvalue weighted by atomic mass is 35.5. The van der Waals surface area contributed by atoms with Gasteiger partial charge in [-0.2, -0.15) is 0 Å². The average molecular weight is 1360 g/mol. The van der Waals surface area contributed by atoms with Crippen molar-refractivity contribution in [1.29, 1.82) is 0 Å². The van der Waals surface area contributed by atoms with E-state index in [2.05, 4.69) is 352 Å². The van der Waals surface area contributed by atoms with Crippen LogP contribution in [0.3, 0.4) is 0 Å². The normalized spacial score (nSPS) is 15.0. The van der Waals surface area contributed by atoms with Crippen LogP contribution in [0.1, 0.15) is 77.6 Å². The molecule has 21 rings (SSSR count). The average Bonchev–Trinajstić information content (AvgIpc) is 1.53. The molecule has 0 unspecified atom stereocenters. The lowest BCUT2D eigenvalue weighted by Crippen LogP contribution is -2.41. The summed E-state index contributed by atoms with van der Waals surface area (Å²) in [6.07, 6.45) is 0. The van der Waals surface area contributed by atoms with Crippen LogP contribution in [0.25, 0.3) is 166 Å². The Hall–Kier alpha value is -11.3. The Balaban J connectivity index is 0.000000119. The molecule has 1 fully saturated rings. The molecule has 1 aliphatic heterocycles. The molecule has 0 radical (unpaired) electrons. The zero-order valence-electron chi connectivity index (χ0n) is 59.5. The summed E-state index contributed by atoms with van der Waals surface area (Å²) in [5.41, 5.74) is 32.8. The molecule has 0 bridgehead atoms. The van der Waals surface area contributed by atoms with Gasteiger partial charge in [-0.3, -0.25) is 0 Å². The van der Waals surface area contributed by atoms with Crippen molar-refractivity contribution in [2.75, 3.05) is 0 Å². The summed E-state index contributed by atoms with van der Waals surface area (Å²) < 4.78 is 13.1. The third kappa shape index (κ3) is 9.60. The van der Waals surface area contributed by atoms with Crippen molar-refractivity contribution < 1.29 is 9.31 Å². The Morgan fingerprint density at radius 3 is 1.03 bits per heavy atom. The van der Waals surface area contributed by atoms with Gasteiger partial charge in [0.2, 0.25) is 0 Å². The molecule has 1 saturated heterocycles. The van der Waals surface area contributed by atoms with Gasteiger partial charge in [0.1, 0.15) is 5.15 Å². The van der Waals surface area contributed by atoms with E-state index in [1.165, 1.54) is 171 Å². The zero-order valence-corrected chi connectivity index (χ0v) is 60.3. The van der Waals surface area contributed by atoms with Crippen molar-refractivity contribution in [1.82, 2.24) is 9.97 Å². The maximum atomic E-state index is 6.56. The van der Waals surface area contributed by atoms with Crippen molar-refractivity contribution in [3.05, 3.63) is 331 Å². The molecular weight excluding hydrogens is 1280 g/mol. The minimum absolute atomic E-state index is 0.0313. The highest BCUT2D eigenvalue weighted by Gasteiger charge is 2.52. The molecule has 6 heteroatoms. The van der Waals surface area contributed by atoms with Crippen LogP contribution in [0.5, 0.6) is 0 Å². The van der Waals surface area contributed by atoms with E-state index in [1.54, 1.807) is 0 Å². The van der Waals surface area contributed by atoms with Crippen LogP contribution in [0.4, 0.5) is 0 Å². The molecule has 0 amide bonds. The molecule has 4 aliphatic carbocycles. The van der Waals surface area contributed by atoms with Gasteiger partial charge in [0.25, 0.3) is 0 Å². The second kappa shape index (κ2) is 23.9. The number of benzene rings is 14. The number of hydrogen-bond acceptors (Lipinski definition) is 4. The molecule has 498 valence electrons. The van der Waals surface area contributed by atoms with Crippen molar-refractivity contribution in [2.45, 2.75) is 77.4 Å². The van der Waals surface area contributed by atoms with E-state index in [0.717, 1.165) is 22.5 Å². The second-order valence-electron chi connectivity index (χ2n) is 30.4. The topological polar surface area (TPSA) is 44.2 Å². The fraction of sp³-hybridized carbons (Fsp3) is 0.122. The minimum atomic E-state index is -0.422. The number of nitrogens with zero attached hydrogens (tertiary/aromatic N) is 2. The molecule has 4 nitrogen and oxygen atoms in total. The second-order valence-corrected chi connectivity index (χ2v) is 30.8. The summed E-state index contributed by atoms with van der Waals surface area (Å²) in [4.78, 5) is 9.87. The molecule has 14 aromatic carbocycles. The van der Waals surface area contributed by atoms with E-state index in [4.69, 9.17) is 25.9 Å². The monoisotopic (exact) mass is 1360 g/mol. The molecule has 0 N–H and O–H groups in total. The summed E-state index contributed by atoms with van der Waals surface area (Å²) in [6.45, 7) is 17.6. The van der Waals surface area contributed by atoms with Crippen molar-refractivity contribution >= 4 is 67.3 Å². The molecule has 16 aromatic rings. The summed E-state index contributed by atoms with van der Waals surface area (Å²) in [5.74, 6) is 0. The predicted octanol–water partition coefficient (Wildman–Crippen LogP) is 25.7. The third-order valence-electron chi connectivity index (χ3n) is 23.5. The molecule has 5 aliphatic rings. The number of rotatable bonds is 6. The van der Waals surface area contributed by atoms with Crippen LogP contribution in [-0.4, -0.2) is 28.3 Å². The molecular formula is C98H74BClN2O2. The minimum Gasteiger partial charge on any atom is -0.399 e. The van der Waals surface area contributed by atoms with Gasteiger partial charge in [0.05, 0.1) is 28.3 Å². The van der Waals surface area contributed by atoms with E-state index in [9.17, 15) is 0 Å². The first kappa shape index (κ1) is 63.6. The Bertz CT molecular complexity index is 6040. The Morgan fingerprint density at radius 1 is 0.260 bits per heavy atom. The first-order valence-electron chi connectivity index (χ1n) is 36.3. The van der Waals surface area contributed by atoms with Gasteiger partial charge in [0.15, 0.2) is 0 Å². The fourth-order valence-electron chi connectivity index (χ4n) is 17.9. The Kier molecular flexibility index (Phi) is 14.6. The smallest absolute Gasteiger partial charge is 0.399 e. The highest BCUT2D eigenvalue weighted by molar-refractivity contribution is 6.65. The lowest BCUT2D eigenvalue weighted by atomic mass is 9.75. The number of halogens is 1. The summed E-state index contributed by atoms with van der Waals surface area (Å²) in [7, 11) is -0.422. The number of fused-ring (bicyclic) bond motifs is 14. The van der Waals surface area contributed by atoms with E-state index in [0.29, 0.717) is 5.15 Å². The van der Waals surface area contributed by atoms with Gasteiger partial charge in [-0.1, -0.05) is 330 Å². The van der Waals surface area contributed by atoms with Crippen LogP contribution < -0.4 is 5.46 Å². The molecule has 104 heavy (non-hydrogen) atoms. The number of hydrogen-bond donors (Lipinski definition) is 0. The van der Waals surface area contributed by atoms with E-state index in [-0.39, 0.29) is 10.8 Å². The standard InChI is InChI=1S/C46H31N.C38H31BO2.C14H12ClN/c1-46(2)37-23-12-11-20-34(37)45-38(46)26-27-39(47-45)30-24-25-36-42-31(30)21-13-22-35(42)43-40(28-14-5-3-6-15-28)32-18-9-10-19-33(32)41(44(36)43)29-16-7-4-8-17-29;1-37(2)38(3,4)41-39(40-37)31-23-22-30-34-28(31)20-13-21-29(34)35-32(24-14-7-5-8-15-24)26-18-11-12-19-27(26)33(36(30)35)25-16-9-6-10-17-25;1-14(2)10-6-4-3-5-9(10)13-11(14)7-8-12(15)16-13/h3-27H,1-2H3;5-23H,1-4H3;3-8H,1-2H3. The van der Waals surface area contributed by atoms with Crippen molar-refractivity contribution in [3.63, 3.8) is 0 Å². The SMILES string of the molecule is CC1(C)OB(c2ccc3c4c(cccc24)-c2c-3c(-c3ccccc3)c3ccccc3c2-c2ccccc2)OC1(C)C.CC1(C)c2ccccc2-c2nc(-c3ccc4c5c(cccc35)-c3c-4c(-c4ccccc4)c4ccccc4c3-c3ccccc3)ccc21.CC1(C)c2ccccc2-c2nc(Cl)ccc21. The number of pyridine rings is 2. The largest absolute Gasteiger partial charge is 0.495 e. The Labute approximate surface area is 613 Å². The summed E-state index contributed by atoms with van der Waals surface area (Å²) in [5, 5.41) is 10.7. The van der Waals surface area contributed by atoms with Crippen molar-refractivity contribution in [2.24, 2.45) is 0 Å². The lowest BCUT2D eigenvalue weighted by Gasteiger charge is -2.32. The fourth-order valence-corrected chi connectivity index (χ4v) is 18.0. The van der Waals surface area contributed by atoms with Gasteiger partial charge in [-0.05, 0) is 200 Å². The highest BCUT2D eigenvalue weighted by Crippen LogP contribution is 2.61. The van der Waals surface area contributed by atoms with Crippen LogP contribution in [0.15, 0.2) is 303 Å². The lowest BCUT2D eigenvalue weighted by molar-refractivity contribution is 0.00578.